The highest BCUT2D eigenvalue weighted by atomic mass is 35.5. The Balaban J connectivity index is 1.63. The fourth-order valence-corrected chi connectivity index (χ4v) is 3.46. The molecule has 5 nitrogen and oxygen atoms in total. The van der Waals surface area contributed by atoms with E-state index in [1.54, 1.807) is 7.11 Å². The number of carbonyl (C=O) groups excluding carboxylic acids is 1. The molecule has 0 aliphatic carbocycles. The lowest BCUT2D eigenvalue weighted by atomic mass is 10.1. The monoisotopic (exact) mass is 472 g/mol. The predicted octanol–water partition coefficient (Wildman–Crippen LogP) is 6.79. The molecule has 0 spiro atoms. The lowest BCUT2D eigenvalue weighted by Crippen LogP contribution is -2.17. The maximum atomic E-state index is 11.8. The summed E-state index contributed by atoms with van der Waals surface area (Å²) in [7, 11) is 1.58. The highest BCUT2D eigenvalue weighted by Crippen LogP contribution is 2.37. The molecule has 3 rings (SSSR count). The number of methoxy groups -OCH3 is 1. The third-order valence-electron chi connectivity index (χ3n) is 4.73. The minimum Gasteiger partial charge on any atom is -0.493 e. The van der Waals surface area contributed by atoms with Gasteiger partial charge in [0.2, 0.25) is 5.91 Å². The molecule has 0 heterocycles. The van der Waals surface area contributed by atoms with Crippen molar-refractivity contribution in [1.82, 2.24) is 0 Å². The lowest BCUT2D eigenvalue weighted by molar-refractivity contribution is -0.118. The van der Waals surface area contributed by atoms with Gasteiger partial charge in [-0.1, -0.05) is 49.2 Å². The summed E-state index contributed by atoms with van der Waals surface area (Å²) in [5.74, 6) is 0.973. The van der Waals surface area contributed by atoms with Crippen LogP contribution in [-0.2, 0) is 17.9 Å². The van der Waals surface area contributed by atoms with Gasteiger partial charge in [-0.3, -0.25) is 4.79 Å². The number of amides is 1. The van der Waals surface area contributed by atoms with Gasteiger partial charge in [0, 0.05) is 28.9 Å². The van der Waals surface area contributed by atoms with Crippen molar-refractivity contribution < 1.29 is 14.3 Å². The summed E-state index contributed by atoms with van der Waals surface area (Å²) >= 11 is 12.5. The van der Waals surface area contributed by atoms with Crippen LogP contribution in [0.25, 0.3) is 0 Å². The second-order valence-electron chi connectivity index (χ2n) is 7.60. The molecule has 7 heteroatoms. The lowest BCUT2D eigenvalue weighted by Gasteiger charge is -2.15. The summed E-state index contributed by atoms with van der Waals surface area (Å²) in [6, 6.07) is 18.8. The van der Waals surface area contributed by atoms with Crippen molar-refractivity contribution in [1.29, 1.82) is 0 Å². The molecule has 0 unspecified atom stereocenters. The normalized spacial score (nSPS) is 10.7. The number of rotatable bonds is 9. The van der Waals surface area contributed by atoms with E-state index in [0.29, 0.717) is 34.7 Å². The van der Waals surface area contributed by atoms with E-state index in [1.807, 2.05) is 74.5 Å². The molecule has 0 fully saturated rings. The molecule has 3 aromatic carbocycles. The Kier molecular flexibility index (Phi) is 8.26. The van der Waals surface area contributed by atoms with Crippen molar-refractivity contribution in [3.8, 4) is 11.5 Å². The smallest absolute Gasteiger partial charge is 0.226 e. The zero-order valence-corrected chi connectivity index (χ0v) is 19.8. The van der Waals surface area contributed by atoms with Crippen molar-refractivity contribution in [2.75, 3.05) is 17.7 Å². The Labute approximate surface area is 198 Å². The highest BCUT2D eigenvalue weighted by Gasteiger charge is 2.13. The molecule has 0 aromatic heterocycles. The molecule has 3 aromatic rings. The summed E-state index contributed by atoms with van der Waals surface area (Å²) < 4.78 is 11.4. The third kappa shape index (κ3) is 6.55. The number of hydrogen-bond donors (Lipinski definition) is 2. The van der Waals surface area contributed by atoms with Crippen molar-refractivity contribution in [2.45, 2.75) is 27.0 Å². The Bertz CT molecular complexity index is 1070. The number of carbonyl (C=O) groups is 1. The number of nitrogens with one attached hydrogen (secondary N) is 2. The first-order chi connectivity index (χ1) is 15.4. The van der Waals surface area contributed by atoms with E-state index in [0.717, 1.165) is 22.5 Å². The van der Waals surface area contributed by atoms with Crippen molar-refractivity contribution in [3.63, 3.8) is 0 Å². The van der Waals surface area contributed by atoms with Gasteiger partial charge in [0.05, 0.1) is 12.1 Å². The maximum absolute atomic E-state index is 11.8. The number of hydrogen-bond acceptors (Lipinski definition) is 4. The number of ether oxygens (including phenoxy) is 2. The largest absolute Gasteiger partial charge is 0.493 e. The van der Waals surface area contributed by atoms with E-state index >= 15 is 0 Å². The van der Waals surface area contributed by atoms with E-state index in [1.165, 1.54) is 0 Å². The zero-order valence-electron chi connectivity index (χ0n) is 18.2. The van der Waals surface area contributed by atoms with Gasteiger partial charge in [0.1, 0.15) is 6.61 Å². The molecular formula is C25H26Cl2N2O3. The summed E-state index contributed by atoms with van der Waals surface area (Å²) in [6.45, 7) is 4.59. The average Bonchev–Trinajstić information content (AvgIpc) is 2.77. The maximum Gasteiger partial charge on any atom is 0.226 e. The molecular weight excluding hydrogens is 447 g/mol. The SMILES string of the molecule is COc1cc(CNc2ccc(NC(=O)C(C)C)cc2)cc(Cl)c1OCc1cccc(Cl)c1. The molecule has 0 saturated carbocycles. The standard InChI is InChI=1S/C25H26Cl2N2O3/c1-16(2)25(30)29-21-9-7-20(8-10-21)28-14-18-12-22(27)24(23(13-18)31-3)32-15-17-5-4-6-19(26)11-17/h4-13,16,28H,14-15H2,1-3H3,(H,29,30). The Morgan fingerprint density at radius 1 is 0.969 bits per heavy atom. The second-order valence-corrected chi connectivity index (χ2v) is 8.45. The van der Waals surface area contributed by atoms with E-state index in [4.69, 9.17) is 32.7 Å². The van der Waals surface area contributed by atoms with Crippen LogP contribution in [0.3, 0.4) is 0 Å². The summed E-state index contributed by atoms with van der Waals surface area (Å²) in [6.07, 6.45) is 0. The number of anilines is 2. The predicted molar refractivity (Wildman–Crippen MR) is 131 cm³/mol. The summed E-state index contributed by atoms with van der Waals surface area (Å²) in [5, 5.41) is 7.34. The molecule has 0 bridgehead atoms. The summed E-state index contributed by atoms with van der Waals surface area (Å²) in [5.41, 5.74) is 3.57. The van der Waals surface area contributed by atoms with Crippen LogP contribution in [0.1, 0.15) is 25.0 Å². The van der Waals surface area contributed by atoms with Crippen molar-refractivity contribution in [2.24, 2.45) is 5.92 Å². The molecule has 168 valence electrons. The van der Waals surface area contributed by atoms with Gasteiger partial charge >= 0.3 is 0 Å². The Morgan fingerprint density at radius 2 is 1.69 bits per heavy atom. The van der Waals surface area contributed by atoms with Gasteiger partial charge in [-0.15, -0.1) is 0 Å². The number of benzene rings is 3. The molecule has 32 heavy (non-hydrogen) atoms. The Hall–Kier alpha value is -2.89. The zero-order chi connectivity index (χ0) is 23.1. The highest BCUT2D eigenvalue weighted by molar-refractivity contribution is 6.32. The molecule has 1 amide bonds. The van der Waals surface area contributed by atoms with E-state index in [2.05, 4.69) is 10.6 Å². The van der Waals surface area contributed by atoms with Crippen molar-refractivity contribution in [3.05, 3.63) is 81.8 Å². The van der Waals surface area contributed by atoms with Gasteiger partial charge in [-0.2, -0.15) is 0 Å². The van der Waals surface area contributed by atoms with Crippen LogP contribution in [0.4, 0.5) is 11.4 Å². The minimum absolute atomic E-state index is 0.00915. The minimum atomic E-state index is -0.0648. The van der Waals surface area contributed by atoms with Crippen LogP contribution >= 0.6 is 23.2 Å². The van der Waals surface area contributed by atoms with Crippen LogP contribution in [0, 0.1) is 5.92 Å². The van der Waals surface area contributed by atoms with Crippen LogP contribution in [0.15, 0.2) is 60.7 Å². The summed E-state index contributed by atoms with van der Waals surface area (Å²) in [4.78, 5) is 11.8. The molecule has 2 N–H and O–H groups in total. The molecule has 0 aliphatic rings. The second kappa shape index (κ2) is 11.1. The van der Waals surface area contributed by atoms with E-state index < -0.39 is 0 Å². The van der Waals surface area contributed by atoms with Gasteiger partial charge in [-0.25, -0.2) is 0 Å². The van der Waals surface area contributed by atoms with Crippen LogP contribution in [-0.4, -0.2) is 13.0 Å². The van der Waals surface area contributed by atoms with Gasteiger partial charge in [-0.05, 0) is 59.7 Å². The van der Waals surface area contributed by atoms with Crippen LogP contribution in [0.2, 0.25) is 10.0 Å². The van der Waals surface area contributed by atoms with E-state index in [-0.39, 0.29) is 11.8 Å². The first-order valence-electron chi connectivity index (χ1n) is 10.2. The molecule has 0 aliphatic heterocycles. The van der Waals surface area contributed by atoms with Crippen LogP contribution in [0.5, 0.6) is 11.5 Å². The van der Waals surface area contributed by atoms with E-state index in [9.17, 15) is 4.79 Å². The van der Waals surface area contributed by atoms with Gasteiger partial charge < -0.3 is 20.1 Å². The molecule has 0 saturated heterocycles. The van der Waals surface area contributed by atoms with Crippen molar-refractivity contribution >= 4 is 40.5 Å². The molecule has 0 atom stereocenters. The fourth-order valence-electron chi connectivity index (χ4n) is 2.96. The third-order valence-corrected chi connectivity index (χ3v) is 5.25. The molecule has 0 radical (unpaired) electrons. The van der Waals surface area contributed by atoms with Gasteiger partial charge in [0.15, 0.2) is 11.5 Å². The average molecular weight is 473 g/mol. The topological polar surface area (TPSA) is 59.6 Å². The first kappa shape index (κ1) is 23.8. The van der Waals surface area contributed by atoms with Gasteiger partial charge in [0.25, 0.3) is 0 Å². The first-order valence-corrected chi connectivity index (χ1v) is 11.0. The fraction of sp³-hybridized carbons (Fsp3) is 0.240. The number of halogens is 2. The van der Waals surface area contributed by atoms with Crippen LogP contribution < -0.4 is 20.1 Å². The Morgan fingerprint density at radius 3 is 2.34 bits per heavy atom. The quantitative estimate of drug-likeness (QED) is 0.359.